The summed E-state index contributed by atoms with van der Waals surface area (Å²) in [5.74, 6) is -0.998. The van der Waals surface area contributed by atoms with Gasteiger partial charge in [0.1, 0.15) is 29.4 Å². The number of para-hydroxylation sites is 1. The monoisotopic (exact) mass is 1130 g/mol. The molecule has 4 aromatic carbocycles. The lowest BCUT2D eigenvalue weighted by Crippen LogP contribution is -2.57. The first-order valence-electron chi connectivity index (χ1n) is 27.0. The third kappa shape index (κ3) is 12.5. The molecule has 4 aromatic heterocycles. The van der Waals surface area contributed by atoms with E-state index in [0.717, 1.165) is 48.6 Å². The summed E-state index contributed by atoms with van der Waals surface area (Å²) in [4.78, 5) is 90.7. The maximum absolute atomic E-state index is 14.3. The number of anilines is 2. The summed E-state index contributed by atoms with van der Waals surface area (Å²) in [6, 6.07) is 31.5. The lowest BCUT2D eigenvalue weighted by Gasteiger charge is -2.35. The Kier molecular flexibility index (Phi) is 16.4. The average Bonchev–Trinajstić information content (AvgIpc) is 4.26. The van der Waals surface area contributed by atoms with Crippen molar-refractivity contribution in [2.24, 2.45) is 5.41 Å². The third-order valence-corrected chi connectivity index (χ3v) is 16.8. The van der Waals surface area contributed by atoms with Crippen LogP contribution in [0, 0.1) is 19.3 Å². The SMILES string of the molecule is Cc1ncsc1-c1ccc(C(C)NC(=O)C2CC(O)CN2C(=O)C(NC(=O)CCCc2ccc(Oc3cccc(-c4ccc(N5CCc6cccc(C(=O)Nc7nc8ccccc8s7)c6C5)nc4C(=O)O)c3C)cc2)C(C)(C)C)nc1. The van der Waals surface area contributed by atoms with E-state index >= 15 is 0 Å². The first kappa shape index (κ1) is 55.9. The minimum atomic E-state index is -1.18. The van der Waals surface area contributed by atoms with E-state index < -0.39 is 47.4 Å². The van der Waals surface area contributed by atoms with Gasteiger partial charge in [-0.25, -0.2) is 19.7 Å². The molecule has 1 saturated heterocycles. The maximum atomic E-state index is 14.3. The van der Waals surface area contributed by atoms with E-state index in [2.05, 4.69) is 30.9 Å². The second-order valence-electron chi connectivity index (χ2n) is 21.7. The Morgan fingerprint density at radius 3 is 2.38 bits per heavy atom. The highest BCUT2D eigenvalue weighted by Gasteiger charge is 2.45. The minimum Gasteiger partial charge on any atom is -0.476 e. The van der Waals surface area contributed by atoms with E-state index in [0.29, 0.717) is 77.2 Å². The number of hydrogen-bond acceptors (Lipinski definition) is 14. The molecule has 1 fully saturated rings. The van der Waals surface area contributed by atoms with Gasteiger partial charge in [-0.15, -0.1) is 11.3 Å². The summed E-state index contributed by atoms with van der Waals surface area (Å²) in [5, 5.41) is 30.7. The Labute approximate surface area is 477 Å². The summed E-state index contributed by atoms with van der Waals surface area (Å²) in [6.07, 6.45) is 2.78. The zero-order valence-electron chi connectivity index (χ0n) is 45.9. The van der Waals surface area contributed by atoms with E-state index in [1.807, 2.05) is 144 Å². The van der Waals surface area contributed by atoms with Crippen LogP contribution in [0.1, 0.15) is 107 Å². The molecule has 4 atom stereocenters. The normalized spacial score (nSPS) is 15.9. The quantitative estimate of drug-likeness (QED) is 0.0572. The van der Waals surface area contributed by atoms with Crippen molar-refractivity contribution >= 4 is 73.4 Å². The number of carbonyl (C=O) groups excluding carboxylic acids is 4. The number of hydrogen-bond donors (Lipinski definition) is 5. The Morgan fingerprint density at radius 1 is 0.864 bits per heavy atom. The number of likely N-dealkylation sites (tertiary alicyclic amines) is 1. The molecule has 2 aliphatic rings. The first-order valence-corrected chi connectivity index (χ1v) is 28.7. The van der Waals surface area contributed by atoms with Crippen molar-refractivity contribution in [3.8, 4) is 33.1 Å². The van der Waals surface area contributed by atoms with Gasteiger partial charge in [-0.1, -0.05) is 86.7 Å². The molecule has 4 unspecified atom stereocenters. The number of aliphatic hydroxyl groups excluding tert-OH is 1. The smallest absolute Gasteiger partial charge is 0.355 e. The van der Waals surface area contributed by atoms with Crippen LogP contribution in [0.15, 0.2) is 121 Å². The van der Waals surface area contributed by atoms with Crippen molar-refractivity contribution in [2.75, 3.05) is 23.3 Å². The van der Waals surface area contributed by atoms with E-state index in [1.54, 1.807) is 23.8 Å². The number of thiazole rings is 2. The second-order valence-corrected chi connectivity index (χ2v) is 23.6. The van der Waals surface area contributed by atoms with E-state index in [4.69, 9.17) is 9.72 Å². The van der Waals surface area contributed by atoms with Crippen LogP contribution >= 0.6 is 22.7 Å². The number of nitrogens with zero attached hydrogens (tertiary/aromatic N) is 6. The number of benzene rings is 4. The molecule has 81 heavy (non-hydrogen) atoms. The Hall–Kier alpha value is -8.39. The highest BCUT2D eigenvalue weighted by molar-refractivity contribution is 7.22. The number of carbonyl (C=O) groups is 5. The van der Waals surface area contributed by atoms with Gasteiger partial charge in [0.05, 0.1) is 44.1 Å². The van der Waals surface area contributed by atoms with Crippen molar-refractivity contribution < 1.29 is 38.9 Å². The fraction of sp³-hybridized carbons (Fsp3) is 0.306. The molecule has 0 bridgehead atoms. The molecule has 0 radical (unpaired) electrons. The molecule has 416 valence electrons. The maximum Gasteiger partial charge on any atom is 0.355 e. The number of aryl methyl sites for hydroxylation is 2. The number of carboxylic acids is 1. The third-order valence-electron chi connectivity index (χ3n) is 14.9. The lowest BCUT2D eigenvalue weighted by atomic mass is 9.85. The number of β-amino-alcohol motifs (C(OH)–C–C–N with tert-alkyl or cyclic N) is 1. The Bertz CT molecular complexity index is 3640. The van der Waals surface area contributed by atoms with Gasteiger partial charge in [-0.3, -0.25) is 29.5 Å². The lowest BCUT2D eigenvalue weighted by molar-refractivity contribution is -0.144. The topological polar surface area (TPSA) is 229 Å². The molecule has 8 aromatic rings. The molecule has 5 N–H and O–H groups in total. The molecule has 19 heteroatoms. The summed E-state index contributed by atoms with van der Waals surface area (Å²) < 4.78 is 7.35. The largest absolute Gasteiger partial charge is 0.476 e. The van der Waals surface area contributed by atoms with Crippen molar-refractivity contribution in [1.82, 2.24) is 35.5 Å². The number of nitrogens with one attached hydrogen (secondary N) is 3. The van der Waals surface area contributed by atoms with Gasteiger partial charge < -0.3 is 35.4 Å². The van der Waals surface area contributed by atoms with Gasteiger partial charge in [-0.05, 0) is 128 Å². The van der Waals surface area contributed by atoms with Crippen LogP contribution in [-0.4, -0.2) is 95.9 Å². The van der Waals surface area contributed by atoms with Crippen molar-refractivity contribution in [3.63, 3.8) is 0 Å². The minimum absolute atomic E-state index is 0.0353. The molecule has 6 heterocycles. The van der Waals surface area contributed by atoms with Crippen LogP contribution in [0.25, 0.3) is 31.8 Å². The van der Waals surface area contributed by atoms with Crippen LogP contribution in [0.5, 0.6) is 11.5 Å². The number of pyridine rings is 2. The number of aromatic carboxylic acids is 1. The molecule has 0 spiro atoms. The highest BCUT2D eigenvalue weighted by atomic mass is 32.1. The van der Waals surface area contributed by atoms with Crippen LogP contribution in [-0.2, 0) is 33.8 Å². The predicted octanol–water partition coefficient (Wildman–Crippen LogP) is 10.5. The van der Waals surface area contributed by atoms with Crippen LogP contribution in [0.4, 0.5) is 10.9 Å². The van der Waals surface area contributed by atoms with E-state index in [1.165, 1.54) is 27.6 Å². The number of amides is 4. The molecule has 4 amide bonds. The molecule has 0 aliphatic carbocycles. The zero-order chi connectivity index (χ0) is 57.1. The second kappa shape index (κ2) is 23.7. The predicted molar refractivity (Wildman–Crippen MR) is 314 cm³/mol. The highest BCUT2D eigenvalue weighted by Crippen LogP contribution is 2.37. The average molecular weight is 1130 g/mol. The van der Waals surface area contributed by atoms with Crippen molar-refractivity contribution in [1.29, 1.82) is 0 Å². The fourth-order valence-electron chi connectivity index (χ4n) is 10.5. The van der Waals surface area contributed by atoms with Gasteiger partial charge in [0.25, 0.3) is 5.91 Å². The van der Waals surface area contributed by atoms with Crippen molar-refractivity contribution in [3.05, 3.63) is 166 Å². The summed E-state index contributed by atoms with van der Waals surface area (Å²) in [5.41, 5.74) is 9.49. The summed E-state index contributed by atoms with van der Waals surface area (Å²) >= 11 is 2.94. The van der Waals surface area contributed by atoms with Crippen molar-refractivity contribution in [2.45, 2.75) is 104 Å². The van der Waals surface area contributed by atoms with E-state index in [-0.39, 0.29) is 36.9 Å². The van der Waals surface area contributed by atoms with Crippen LogP contribution < -0.4 is 25.6 Å². The number of carboxylic acid groups (broad SMARTS) is 1. The van der Waals surface area contributed by atoms with Crippen LogP contribution in [0.2, 0.25) is 0 Å². The number of ether oxygens (including phenoxy) is 1. The molecular formula is C62H63N9O8S2. The van der Waals surface area contributed by atoms with Gasteiger partial charge in [-0.2, -0.15) is 0 Å². The number of aromatic nitrogens is 4. The van der Waals surface area contributed by atoms with Gasteiger partial charge >= 0.3 is 5.97 Å². The Balaban J connectivity index is 0.736. The molecule has 10 rings (SSSR count). The van der Waals surface area contributed by atoms with Gasteiger partial charge in [0.15, 0.2) is 10.8 Å². The van der Waals surface area contributed by atoms with Crippen LogP contribution in [0.3, 0.4) is 0 Å². The number of aliphatic hydroxyl groups is 1. The molecule has 2 aliphatic heterocycles. The Morgan fingerprint density at radius 2 is 1.65 bits per heavy atom. The van der Waals surface area contributed by atoms with Gasteiger partial charge in [0.2, 0.25) is 17.7 Å². The zero-order valence-corrected chi connectivity index (χ0v) is 47.5. The van der Waals surface area contributed by atoms with E-state index in [9.17, 15) is 34.2 Å². The summed E-state index contributed by atoms with van der Waals surface area (Å²) in [6.45, 7) is 12.1. The molecule has 0 saturated carbocycles. The first-order chi connectivity index (χ1) is 38.9. The molecule has 17 nitrogen and oxygen atoms in total. The summed E-state index contributed by atoms with van der Waals surface area (Å²) in [7, 11) is 0. The fourth-order valence-corrected chi connectivity index (χ4v) is 12.2. The standard InChI is InChI=1S/C62H63N9O8S2/c1-35-43(44-25-27-52(67-54(44)60(77)78)70-29-28-39-13-10-15-45(46(39)33-70)57(74)69-61-66-48-16-7-8-18-51(48)81-61)14-11-17-50(35)79-42-23-20-38(21-24-42)12-9-19-53(73)68-56(62(4,5)6)59(76)71-32-41(72)30-49(71)58(75)65-36(2)47-26-22-40(31-63-47)55-37(3)64-34-80-55/h7-8,10-11,13-18,20-27,31,34,36,41,49,56,72H,9,12,19,28-30,32-33H2,1-6H3,(H,65,75)(H,68,73)(H,77,78)(H,66,69,74). The number of fused-ring (bicyclic) bond motifs is 2. The van der Waals surface area contributed by atoms with Gasteiger partial charge in [0, 0.05) is 55.4 Å². The number of rotatable bonds is 17. The molecular weight excluding hydrogens is 1060 g/mol.